The molecular formula is C15H22N4S. The van der Waals surface area contributed by atoms with Crippen LogP contribution < -0.4 is 5.73 Å². The molecular weight excluding hydrogens is 268 g/mol. The molecule has 0 atom stereocenters. The lowest BCUT2D eigenvalue weighted by Crippen LogP contribution is -2.34. The number of nitrogens with zero attached hydrogens (tertiary/aromatic N) is 3. The summed E-state index contributed by atoms with van der Waals surface area (Å²) in [6.07, 6.45) is 5.47. The molecule has 2 aromatic rings. The van der Waals surface area contributed by atoms with Crippen molar-refractivity contribution in [3.8, 4) is 0 Å². The van der Waals surface area contributed by atoms with Crippen molar-refractivity contribution in [3.63, 3.8) is 0 Å². The second-order valence-electron chi connectivity index (χ2n) is 5.45. The molecule has 1 aliphatic rings. The molecule has 0 bridgehead atoms. The van der Waals surface area contributed by atoms with E-state index in [9.17, 15) is 0 Å². The number of piperidine rings is 1. The highest BCUT2D eigenvalue weighted by Gasteiger charge is 2.21. The quantitative estimate of drug-likeness (QED) is 0.942. The third kappa shape index (κ3) is 3.04. The van der Waals surface area contributed by atoms with Crippen LogP contribution in [0.5, 0.6) is 0 Å². The van der Waals surface area contributed by atoms with Crippen LogP contribution in [0, 0.1) is 0 Å². The molecule has 0 unspecified atom stereocenters. The number of aryl methyl sites for hydroxylation is 1. The van der Waals surface area contributed by atoms with Crippen LogP contribution in [0.1, 0.15) is 35.6 Å². The molecule has 3 rings (SSSR count). The average Bonchev–Trinajstić information content (AvgIpc) is 3.09. The number of hydrogen-bond donors (Lipinski definition) is 1. The van der Waals surface area contributed by atoms with E-state index in [1.54, 1.807) is 0 Å². The molecule has 0 aromatic carbocycles. The van der Waals surface area contributed by atoms with Gasteiger partial charge in [0.05, 0.1) is 6.04 Å². The molecule has 0 aliphatic carbocycles. The van der Waals surface area contributed by atoms with Crippen molar-refractivity contribution in [1.82, 2.24) is 14.7 Å². The molecule has 108 valence electrons. The fourth-order valence-corrected chi connectivity index (χ4v) is 3.82. The van der Waals surface area contributed by atoms with E-state index in [4.69, 9.17) is 5.73 Å². The second kappa shape index (κ2) is 5.97. The van der Waals surface area contributed by atoms with Crippen molar-refractivity contribution >= 4 is 17.2 Å². The monoisotopic (exact) mass is 290 g/mol. The molecule has 1 aliphatic heterocycles. The highest BCUT2D eigenvalue weighted by Crippen LogP contribution is 2.25. The maximum atomic E-state index is 5.69. The summed E-state index contributed by atoms with van der Waals surface area (Å²) in [7, 11) is 0. The van der Waals surface area contributed by atoms with Gasteiger partial charge in [0.15, 0.2) is 0 Å². The minimum Gasteiger partial charge on any atom is -0.382 e. The van der Waals surface area contributed by atoms with Gasteiger partial charge < -0.3 is 5.73 Å². The SMILES string of the molecule is CCc1ccc(CN2CCC(n3ccc(N)n3)CC2)s1. The van der Waals surface area contributed by atoms with Crippen molar-refractivity contribution in [2.45, 2.75) is 38.8 Å². The molecule has 0 radical (unpaired) electrons. The van der Waals surface area contributed by atoms with Crippen LogP contribution in [0.3, 0.4) is 0 Å². The third-order valence-corrected chi connectivity index (χ3v) is 5.22. The van der Waals surface area contributed by atoms with Crippen molar-refractivity contribution in [2.24, 2.45) is 0 Å². The molecule has 1 fully saturated rings. The maximum Gasteiger partial charge on any atom is 0.145 e. The van der Waals surface area contributed by atoms with Crippen molar-refractivity contribution in [1.29, 1.82) is 0 Å². The van der Waals surface area contributed by atoms with Crippen molar-refractivity contribution < 1.29 is 0 Å². The second-order valence-corrected chi connectivity index (χ2v) is 6.70. The van der Waals surface area contributed by atoms with Gasteiger partial charge in [-0.25, -0.2) is 0 Å². The summed E-state index contributed by atoms with van der Waals surface area (Å²) >= 11 is 1.95. The largest absolute Gasteiger partial charge is 0.382 e. The van der Waals surface area contributed by atoms with Crippen LogP contribution in [0.2, 0.25) is 0 Å². The summed E-state index contributed by atoms with van der Waals surface area (Å²) in [5, 5.41) is 4.34. The Morgan fingerprint density at radius 3 is 2.60 bits per heavy atom. The first-order chi connectivity index (χ1) is 9.74. The van der Waals surface area contributed by atoms with Gasteiger partial charge in [0.2, 0.25) is 0 Å². The van der Waals surface area contributed by atoms with E-state index < -0.39 is 0 Å². The highest BCUT2D eigenvalue weighted by atomic mass is 32.1. The van der Waals surface area contributed by atoms with Gasteiger partial charge >= 0.3 is 0 Å². The number of aromatic nitrogens is 2. The summed E-state index contributed by atoms with van der Waals surface area (Å²) in [4.78, 5) is 5.53. The molecule has 0 amide bonds. The maximum absolute atomic E-state index is 5.69. The van der Waals surface area contributed by atoms with Gasteiger partial charge in [0.1, 0.15) is 5.82 Å². The Kier molecular flexibility index (Phi) is 4.08. The number of thiophene rings is 1. The summed E-state index contributed by atoms with van der Waals surface area (Å²) in [5.74, 6) is 0.623. The normalized spacial score (nSPS) is 17.6. The number of nitrogens with two attached hydrogens (primary N) is 1. The van der Waals surface area contributed by atoms with E-state index in [1.807, 2.05) is 28.3 Å². The van der Waals surface area contributed by atoms with Gasteiger partial charge in [0, 0.05) is 35.6 Å². The lowest BCUT2D eigenvalue weighted by molar-refractivity contribution is 0.175. The van der Waals surface area contributed by atoms with E-state index in [-0.39, 0.29) is 0 Å². The Morgan fingerprint density at radius 1 is 1.25 bits per heavy atom. The minimum absolute atomic E-state index is 0.512. The number of rotatable bonds is 4. The molecule has 2 N–H and O–H groups in total. The predicted octanol–water partition coefficient (Wildman–Crippen LogP) is 2.93. The van der Waals surface area contributed by atoms with Gasteiger partial charge in [-0.05, 0) is 37.5 Å². The van der Waals surface area contributed by atoms with E-state index in [1.165, 1.54) is 9.75 Å². The van der Waals surface area contributed by atoms with Crippen LogP contribution in [-0.4, -0.2) is 27.8 Å². The van der Waals surface area contributed by atoms with Gasteiger partial charge in [-0.15, -0.1) is 11.3 Å². The fraction of sp³-hybridized carbons (Fsp3) is 0.533. The van der Waals surface area contributed by atoms with E-state index in [2.05, 4.69) is 29.1 Å². The van der Waals surface area contributed by atoms with Gasteiger partial charge in [-0.3, -0.25) is 9.58 Å². The van der Waals surface area contributed by atoms with Crippen LogP contribution in [-0.2, 0) is 13.0 Å². The number of anilines is 1. The molecule has 0 spiro atoms. The van der Waals surface area contributed by atoms with Gasteiger partial charge in [0.25, 0.3) is 0 Å². The average molecular weight is 290 g/mol. The minimum atomic E-state index is 0.512. The number of nitrogen functional groups attached to an aromatic ring is 1. The Hall–Kier alpha value is -1.33. The predicted molar refractivity (Wildman–Crippen MR) is 83.9 cm³/mol. The Balaban J connectivity index is 1.53. The van der Waals surface area contributed by atoms with Crippen molar-refractivity contribution in [2.75, 3.05) is 18.8 Å². The summed E-state index contributed by atoms with van der Waals surface area (Å²) in [6, 6.07) is 6.94. The molecule has 3 heterocycles. The molecule has 0 saturated carbocycles. The standard InChI is InChI=1S/C15H22N4S/c1-2-13-3-4-14(20-13)11-18-8-5-12(6-9-18)19-10-7-15(16)17-19/h3-4,7,10,12H,2,5-6,8-9,11H2,1H3,(H2,16,17). The zero-order valence-corrected chi connectivity index (χ0v) is 12.8. The van der Waals surface area contributed by atoms with Crippen LogP contribution in [0.25, 0.3) is 0 Å². The first-order valence-corrected chi connectivity index (χ1v) is 8.17. The van der Waals surface area contributed by atoms with E-state index in [0.29, 0.717) is 11.9 Å². The molecule has 5 heteroatoms. The van der Waals surface area contributed by atoms with Gasteiger partial charge in [-0.2, -0.15) is 5.10 Å². The first-order valence-electron chi connectivity index (χ1n) is 7.35. The molecule has 4 nitrogen and oxygen atoms in total. The Bertz CT molecular complexity index is 552. The smallest absolute Gasteiger partial charge is 0.145 e. The van der Waals surface area contributed by atoms with Crippen LogP contribution in [0.4, 0.5) is 5.82 Å². The van der Waals surface area contributed by atoms with Crippen molar-refractivity contribution in [3.05, 3.63) is 34.2 Å². The number of likely N-dealkylation sites (tertiary alicyclic amines) is 1. The van der Waals surface area contributed by atoms with E-state index in [0.717, 1.165) is 38.9 Å². The lowest BCUT2D eigenvalue weighted by atomic mass is 10.1. The highest BCUT2D eigenvalue weighted by molar-refractivity contribution is 7.11. The summed E-state index contributed by atoms with van der Waals surface area (Å²) in [5.41, 5.74) is 5.69. The third-order valence-electron chi connectivity index (χ3n) is 4.01. The zero-order chi connectivity index (χ0) is 13.9. The first kappa shape index (κ1) is 13.6. The van der Waals surface area contributed by atoms with E-state index >= 15 is 0 Å². The van der Waals surface area contributed by atoms with Gasteiger partial charge in [-0.1, -0.05) is 6.92 Å². The Morgan fingerprint density at radius 2 is 2.00 bits per heavy atom. The van der Waals surface area contributed by atoms with Crippen LogP contribution >= 0.6 is 11.3 Å². The fourth-order valence-electron chi connectivity index (χ4n) is 2.82. The zero-order valence-electron chi connectivity index (χ0n) is 12.0. The molecule has 20 heavy (non-hydrogen) atoms. The molecule has 1 saturated heterocycles. The molecule has 2 aromatic heterocycles. The summed E-state index contributed by atoms with van der Waals surface area (Å²) in [6.45, 7) is 5.60. The number of hydrogen-bond acceptors (Lipinski definition) is 4. The van der Waals surface area contributed by atoms with Crippen LogP contribution in [0.15, 0.2) is 24.4 Å². The lowest BCUT2D eigenvalue weighted by Gasteiger charge is -2.31. The Labute approximate surface area is 124 Å². The topological polar surface area (TPSA) is 47.1 Å². The summed E-state index contributed by atoms with van der Waals surface area (Å²) < 4.78 is 2.03.